The van der Waals surface area contributed by atoms with Crippen molar-refractivity contribution in [1.82, 2.24) is 5.32 Å². The van der Waals surface area contributed by atoms with Crippen LogP contribution in [0.4, 0.5) is 0 Å². The fourth-order valence-corrected chi connectivity index (χ4v) is 2.04. The van der Waals surface area contributed by atoms with Crippen molar-refractivity contribution in [2.24, 2.45) is 0 Å². The monoisotopic (exact) mass is 201 g/mol. The minimum absolute atomic E-state index is 0.367. The first-order valence-corrected chi connectivity index (χ1v) is 4.72. The van der Waals surface area contributed by atoms with E-state index in [4.69, 9.17) is 23.2 Å². The van der Waals surface area contributed by atoms with Gasteiger partial charge in [0.05, 0.1) is 0 Å². The average Bonchev–Trinajstić information content (AvgIpc) is 1.93. The van der Waals surface area contributed by atoms with Crippen molar-refractivity contribution in [3.63, 3.8) is 0 Å². The van der Waals surface area contributed by atoms with Crippen molar-refractivity contribution in [2.45, 2.75) is 12.5 Å². The van der Waals surface area contributed by atoms with E-state index in [0.29, 0.717) is 6.04 Å². The Morgan fingerprint density at radius 2 is 1.83 bits per heavy atom. The SMILES string of the molecule is Clc1cccc(Cl)c1[C@@H]1CCN1. The van der Waals surface area contributed by atoms with Gasteiger partial charge in [0.1, 0.15) is 0 Å². The maximum absolute atomic E-state index is 6.01. The number of hydrogen-bond donors (Lipinski definition) is 1. The van der Waals surface area contributed by atoms with Crippen molar-refractivity contribution >= 4 is 23.2 Å². The maximum atomic E-state index is 6.01. The van der Waals surface area contributed by atoms with E-state index in [2.05, 4.69) is 5.32 Å². The highest BCUT2D eigenvalue weighted by atomic mass is 35.5. The van der Waals surface area contributed by atoms with E-state index in [1.807, 2.05) is 18.2 Å². The van der Waals surface area contributed by atoms with Crippen LogP contribution in [-0.4, -0.2) is 6.54 Å². The smallest absolute Gasteiger partial charge is 0.0468 e. The highest BCUT2D eigenvalue weighted by Crippen LogP contribution is 2.34. The van der Waals surface area contributed by atoms with E-state index >= 15 is 0 Å². The molecule has 1 atom stereocenters. The molecule has 1 nitrogen and oxygen atoms in total. The number of nitrogens with one attached hydrogen (secondary N) is 1. The van der Waals surface area contributed by atoms with Gasteiger partial charge in [-0.2, -0.15) is 0 Å². The highest BCUT2D eigenvalue weighted by Gasteiger charge is 2.22. The molecule has 0 unspecified atom stereocenters. The molecular formula is C9H9Cl2N. The summed E-state index contributed by atoms with van der Waals surface area (Å²) in [7, 11) is 0. The summed E-state index contributed by atoms with van der Waals surface area (Å²) in [6, 6.07) is 5.99. The molecule has 0 bridgehead atoms. The predicted octanol–water partition coefficient (Wildman–Crippen LogP) is 3.03. The molecule has 0 radical (unpaired) electrons. The van der Waals surface area contributed by atoms with Gasteiger partial charge in [0.25, 0.3) is 0 Å². The molecule has 1 N–H and O–H groups in total. The molecular weight excluding hydrogens is 193 g/mol. The fourth-order valence-electron chi connectivity index (χ4n) is 1.38. The Kier molecular flexibility index (Phi) is 2.26. The molecule has 1 aliphatic rings. The third-order valence-corrected chi connectivity index (χ3v) is 2.83. The molecule has 0 saturated carbocycles. The highest BCUT2D eigenvalue weighted by molar-refractivity contribution is 6.36. The summed E-state index contributed by atoms with van der Waals surface area (Å²) >= 11 is 12.0. The summed E-state index contributed by atoms with van der Waals surface area (Å²) < 4.78 is 0. The van der Waals surface area contributed by atoms with E-state index in [0.717, 1.165) is 28.6 Å². The summed E-state index contributed by atoms with van der Waals surface area (Å²) in [6.45, 7) is 1.06. The van der Waals surface area contributed by atoms with Crippen LogP contribution in [0.2, 0.25) is 10.0 Å². The number of hydrogen-bond acceptors (Lipinski definition) is 1. The van der Waals surface area contributed by atoms with Crippen molar-refractivity contribution in [3.05, 3.63) is 33.8 Å². The van der Waals surface area contributed by atoms with Crippen LogP contribution in [0.25, 0.3) is 0 Å². The Hall–Kier alpha value is -0.240. The lowest BCUT2D eigenvalue weighted by molar-refractivity contribution is 0.383. The molecule has 0 aromatic heterocycles. The van der Waals surface area contributed by atoms with Crippen LogP contribution in [0.5, 0.6) is 0 Å². The zero-order valence-corrected chi connectivity index (χ0v) is 7.99. The van der Waals surface area contributed by atoms with E-state index in [1.54, 1.807) is 0 Å². The molecule has 1 aromatic carbocycles. The fraction of sp³-hybridized carbons (Fsp3) is 0.333. The number of rotatable bonds is 1. The van der Waals surface area contributed by atoms with Crippen LogP contribution in [0, 0.1) is 0 Å². The van der Waals surface area contributed by atoms with Crippen LogP contribution in [0.1, 0.15) is 18.0 Å². The molecule has 3 heteroatoms. The minimum atomic E-state index is 0.367. The maximum Gasteiger partial charge on any atom is 0.0468 e. The summed E-state index contributed by atoms with van der Waals surface area (Å²) in [5.74, 6) is 0. The van der Waals surface area contributed by atoms with E-state index in [9.17, 15) is 0 Å². The van der Waals surface area contributed by atoms with Crippen LogP contribution in [-0.2, 0) is 0 Å². The van der Waals surface area contributed by atoms with E-state index in [1.165, 1.54) is 0 Å². The van der Waals surface area contributed by atoms with Gasteiger partial charge >= 0.3 is 0 Å². The van der Waals surface area contributed by atoms with Crippen molar-refractivity contribution in [2.75, 3.05) is 6.54 Å². The third-order valence-electron chi connectivity index (χ3n) is 2.17. The van der Waals surface area contributed by atoms with Crippen molar-refractivity contribution in [1.29, 1.82) is 0 Å². The lowest BCUT2D eigenvalue weighted by atomic mass is 9.98. The standard InChI is InChI=1S/C9H9Cl2N/c10-6-2-1-3-7(11)9(6)8-4-5-12-8/h1-3,8,12H,4-5H2/t8-/m0/s1. The first-order chi connectivity index (χ1) is 5.79. The molecule has 1 aromatic rings. The van der Waals surface area contributed by atoms with Crippen molar-refractivity contribution in [3.8, 4) is 0 Å². The van der Waals surface area contributed by atoms with Gasteiger partial charge in [0.2, 0.25) is 0 Å². The molecule has 1 saturated heterocycles. The van der Waals surface area contributed by atoms with Gasteiger partial charge in [-0.15, -0.1) is 0 Å². The molecule has 1 heterocycles. The van der Waals surface area contributed by atoms with Crippen LogP contribution in [0.15, 0.2) is 18.2 Å². The predicted molar refractivity (Wildman–Crippen MR) is 51.8 cm³/mol. The average molecular weight is 202 g/mol. The number of halogens is 2. The topological polar surface area (TPSA) is 12.0 Å². The zero-order chi connectivity index (χ0) is 8.55. The summed E-state index contributed by atoms with van der Waals surface area (Å²) in [6.07, 6.45) is 1.13. The summed E-state index contributed by atoms with van der Waals surface area (Å²) in [5, 5.41) is 4.80. The van der Waals surface area contributed by atoms with Gasteiger partial charge in [-0.1, -0.05) is 29.3 Å². The lowest BCUT2D eigenvalue weighted by Crippen LogP contribution is -2.35. The van der Waals surface area contributed by atoms with Gasteiger partial charge in [-0.05, 0) is 25.1 Å². The lowest BCUT2D eigenvalue weighted by Gasteiger charge is -2.29. The largest absolute Gasteiger partial charge is 0.310 e. The summed E-state index contributed by atoms with van der Waals surface area (Å²) in [4.78, 5) is 0. The number of benzene rings is 1. The Morgan fingerprint density at radius 1 is 1.25 bits per heavy atom. The molecule has 12 heavy (non-hydrogen) atoms. The molecule has 1 aliphatic heterocycles. The second-order valence-electron chi connectivity index (χ2n) is 2.93. The van der Waals surface area contributed by atoms with E-state index in [-0.39, 0.29) is 0 Å². The zero-order valence-electron chi connectivity index (χ0n) is 6.48. The van der Waals surface area contributed by atoms with Gasteiger partial charge in [-0.3, -0.25) is 0 Å². The normalized spacial score (nSPS) is 22.0. The third kappa shape index (κ3) is 1.33. The minimum Gasteiger partial charge on any atom is -0.310 e. The van der Waals surface area contributed by atoms with Gasteiger partial charge in [-0.25, -0.2) is 0 Å². The molecule has 0 amide bonds. The Bertz CT molecular complexity index is 274. The first kappa shape index (κ1) is 8.36. The van der Waals surface area contributed by atoms with Crippen LogP contribution in [0.3, 0.4) is 0 Å². The molecule has 2 rings (SSSR count). The quantitative estimate of drug-likeness (QED) is 0.737. The molecule has 0 aliphatic carbocycles. The van der Waals surface area contributed by atoms with Gasteiger partial charge < -0.3 is 5.32 Å². The Balaban J connectivity index is 2.39. The van der Waals surface area contributed by atoms with E-state index < -0.39 is 0 Å². The molecule has 64 valence electrons. The second-order valence-corrected chi connectivity index (χ2v) is 3.75. The van der Waals surface area contributed by atoms with Gasteiger partial charge in [0, 0.05) is 21.7 Å². The van der Waals surface area contributed by atoms with Crippen molar-refractivity contribution < 1.29 is 0 Å². The van der Waals surface area contributed by atoms with Crippen LogP contribution < -0.4 is 5.32 Å². The molecule has 1 fully saturated rings. The molecule has 0 spiro atoms. The summed E-state index contributed by atoms with van der Waals surface area (Å²) in [5.41, 5.74) is 1.05. The first-order valence-electron chi connectivity index (χ1n) is 3.96. The second kappa shape index (κ2) is 3.25. The van der Waals surface area contributed by atoms with Crippen LogP contribution >= 0.6 is 23.2 Å². The Morgan fingerprint density at radius 3 is 2.25 bits per heavy atom. The Labute approximate surface area is 81.7 Å². The van der Waals surface area contributed by atoms with Gasteiger partial charge in [0.15, 0.2) is 0 Å².